The van der Waals surface area contributed by atoms with Crippen molar-refractivity contribution in [3.8, 4) is 17.1 Å². The van der Waals surface area contributed by atoms with Gasteiger partial charge in [0.1, 0.15) is 5.75 Å². The lowest BCUT2D eigenvalue weighted by molar-refractivity contribution is 0.243. The molecule has 0 fully saturated rings. The van der Waals surface area contributed by atoms with Gasteiger partial charge in [-0.25, -0.2) is 0 Å². The van der Waals surface area contributed by atoms with Crippen LogP contribution < -0.4 is 4.74 Å². The zero-order valence-corrected chi connectivity index (χ0v) is 13.2. The molecule has 0 radical (unpaired) electrons. The molecule has 1 aliphatic carbocycles. The zero-order valence-electron chi connectivity index (χ0n) is 12.5. The minimum atomic E-state index is 0.246. The summed E-state index contributed by atoms with van der Waals surface area (Å²) in [5, 5.41) is 4.56. The molecular formula is C18H15ClN2O2. The van der Waals surface area contributed by atoms with Crippen LogP contribution in [-0.2, 0) is 19.4 Å². The predicted octanol–water partition coefficient (Wildman–Crippen LogP) is 4.46. The number of halogens is 1. The van der Waals surface area contributed by atoms with Crippen LogP contribution in [0.15, 0.2) is 47.0 Å². The third-order valence-corrected chi connectivity index (χ3v) is 4.34. The maximum atomic E-state index is 6.14. The van der Waals surface area contributed by atoms with Crippen LogP contribution in [0.1, 0.15) is 23.4 Å². The molecule has 0 bridgehead atoms. The van der Waals surface area contributed by atoms with E-state index in [9.17, 15) is 0 Å². The van der Waals surface area contributed by atoms with Crippen LogP contribution in [0.4, 0.5) is 0 Å². The lowest BCUT2D eigenvalue weighted by Crippen LogP contribution is -1.96. The Balaban J connectivity index is 1.47. The number of aromatic nitrogens is 2. The molecule has 4 rings (SSSR count). The summed E-state index contributed by atoms with van der Waals surface area (Å²) < 4.78 is 11.0. The fourth-order valence-electron chi connectivity index (χ4n) is 2.85. The van der Waals surface area contributed by atoms with E-state index in [1.807, 2.05) is 24.3 Å². The first kappa shape index (κ1) is 14.3. The van der Waals surface area contributed by atoms with Crippen molar-refractivity contribution in [3.63, 3.8) is 0 Å². The number of fused-ring (bicyclic) bond motifs is 1. The van der Waals surface area contributed by atoms with Crippen LogP contribution in [0.2, 0.25) is 5.02 Å². The average molecular weight is 327 g/mol. The molecule has 23 heavy (non-hydrogen) atoms. The van der Waals surface area contributed by atoms with Gasteiger partial charge < -0.3 is 9.26 Å². The van der Waals surface area contributed by atoms with Gasteiger partial charge in [-0.05, 0) is 54.7 Å². The van der Waals surface area contributed by atoms with Gasteiger partial charge in [0, 0.05) is 5.56 Å². The van der Waals surface area contributed by atoms with Gasteiger partial charge in [-0.3, -0.25) is 0 Å². The molecule has 0 spiro atoms. The highest BCUT2D eigenvalue weighted by Gasteiger charge is 2.13. The van der Waals surface area contributed by atoms with Crippen LogP contribution in [0, 0.1) is 0 Å². The largest absolute Gasteiger partial charge is 0.484 e. The van der Waals surface area contributed by atoms with Crippen molar-refractivity contribution in [1.82, 2.24) is 10.1 Å². The number of ether oxygens (including phenoxy) is 1. The summed E-state index contributed by atoms with van der Waals surface area (Å²) >= 11 is 6.14. The molecular weight excluding hydrogens is 312 g/mol. The third kappa shape index (κ3) is 2.94. The van der Waals surface area contributed by atoms with E-state index in [2.05, 4.69) is 22.3 Å². The molecule has 1 aliphatic rings. The summed E-state index contributed by atoms with van der Waals surface area (Å²) in [4.78, 5) is 4.34. The van der Waals surface area contributed by atoms with E-state index in [-0.39, 0.29) is 6.61 Å². The second-order valence-corrected chi connectivity index (χ2v) is 5.97. The van der Waals surface area contributed by atoms with Crippen molar-refractivity contribution in [2.45, 2.75) is 25.9 Å². The van der Waals surface area contributed by atoms with Crippen LogP contribution in [0.5, 0.6) is 5.75 Å². The summed E-state index contributed by atoms with van der Waals surface area (Å²) in [6.45, 7) is 0.246. The summed E-state index contributed by atoms with van der Waals surface area (Å²) in [5.74, 6) is 1.74. The third-order valence-electron chi connectivity index (χ3n) is 4.02. The second kappa shape index (κ2) is 6.05. The summed E-state index contributed by atoms with van der Waals surface area (Å²) in [7, 11) is 0. The van der Waals surface area contributed by atoms with Gasteiger partial charge in [-0.2, -0.15) is 4.98 Å². The second-order valence-electron chi connectivity index (χ2n) is 5.56. The molecule has 0 unspecified atom stereocenters. The van der Waals surface area contributed by atoms with Gasteiger partial charge in [-0.1, -0.05) is 35.0 Å². The van der Waals surface area contributed by atoms with Gasteiger partial charge in [0.15, 0.2) is 6.61 Å². The topological polar surface area (TPSA) is 48.2 Å². The average Bonchev–Trinajstić information content (AvgIpc) is 3.22. The van der Waals surface area contributed by atoms with Crippen molar-refractivity contribution in [2.75, 3.05) is 0 Å². The predicted molar refractivity (Wildman–Crippen MR) is 87.5 cm³/mol. The maximum Gasteiger partial charge on any atom is 0.264 e. The Labute approximate surface area is 139 Å². The summed E-state index contributed by atoms with van der Waals surface area (Å²) in [6.07, 6.45) is 3.52. The van der Waals surface area contributed by atoms with Crippen molar-refractivity contribution >= 4 is 11.6 Å². The van der Waals surface area contributed by atoms with Gasteiger partial charge in [0.05, 0.1) is 5.02 Å². The van der Waals surface area contributed by atoms with Crippen LogP contribution in [-0.4, -0.2) is 10.1 Å². The molecule has 0 saturated heterocycles. The molecule has 4 nitrogen and oxygen atoms in total. The number of hydrogen-bond donors (Lipinski definition) is 0. The fourth-order valence-corrected chi connectivity index (χ4v) is 3.07. The summed E-state index contributed by atoms with van der Waals surface area (Å²) in [5.41, 5.74) is 3.56. The zero-order chi connectivity index (χ0) is 15.6. The molecule has 0 atom stereocenters. The number of benzene rings is 2. The Morgan fingerprint density at radius 2 is 1.96 bits per heavy atom. The van der Waals surface area contributed by atoms with Gasteiger partial charge >= 0.3 is 0 Å². The Kier molecular flexibility index (Phi) is 3.75. The van der Waals surface area contributed by atoms with Crippen molar-refractivity contribution < 1.29 is 9.26 Å². The minimum absolute atomic E-state index is 0.246. The van der Waals surface area contributed by atoms with E-state index >= 15 is 0 Å². The quantitative estimate of drug-likeness (QED) is 0.710. The number of rotatable bonds is 4. The minimum Gasteiger partial charge on any atom is -0.484 e. The number of aryl methyl sites for hydroxylation is 2. The molecule has 1 heterocycles. The Hall–Kier alpha value is -2.33. The first-order valence-electron chi connectivity index (χ1n) is 7.62. The van der Waals surface area contributed by atoms with Crippen LogP contribution in [0.3, 0.4) is 0 Å². The molecule has 5 heteroatoms. The molecule has 116 valence electrons. The van der Waals surface area contributed by atoms with Gasteiger partial charge in [0.2, 0.25) is 5.82 Å². The monoisotopic (exact) mass is 326 g/mol. The lowest BCUT2D eigenvalue weighted by atomic mass is 10.1. The first-order valence-corrected chi connectivity index (χ1v) is 7.99. The van der Waals surface area contributed by atoms with Crippen molar-refractivity contribution in [3.05, 3.63) is 64.5 Å². The summed E-state index contributed by atoms with van der Waals surface area (Å²) in [6, 6.07) is 13.7. The van der Waals surface area contributed by atoms with E-state index in [1.165, 1.54) is 24.0 Å². The molecule has 2 aromatic carbocycles. The Morgan fingerprint density at radius 3 is 2.87 bits per heavy atom. The van der Waals surface area contributed by atoms with Crippen LogP contribution >= 0.6 is 11.6 Å². The maximum absolute atomic E-state index is 6.14. The highest BCUT2D eigenvalue weighted by molar-refractivity contribution is 6.33. The lowest BCUT2D eigenvalue weighted by Gasteiger charge is -2.05. The molecule has 0 N–H and O–H groups in total. The highest BCUT2D eigenvalue weighted by atomic mass is 35.5. The molecule has 1 aromatic heterocycles. The van der Waals surface area contributed by atoms with Crippen LogP contribution in [0.25, 0.3) is 11.4 Å². The van der Waals surface area contributed by atoms with Gasteiger partial charge in [-0.15, -0.1) is 0 Å². The van der Waals surface area contributed by atoms with E-state index in [0.29, 0.717) is 16.7 Å². The first-order chi connectivity index (χ1) is 11.3. The van der Waals surface area contributed by atoms with E-state index in [1.54, 1.807) is 6.07 Å². The van der Waals surface area contributed by atoms with E-state index in [0.717, 1.165) is 17.7 Å². The smallest absolute Gasteiger partial charge is 0.264 e. The van der Waals surface area contributed by atoms with Crippen molar-refractivity contribution in [1.29, 1.82) is 0 Å². The Bertz CT molecular complexity index is 845. The molecule has 3 aromatic rings. The molecule has 0 aliphatic heterocycles. The highest BCUT2D eigenvalue weighted by Crippen LogP contribution is 2.27. The molecule has 0 amide bonds. The normalized spacial score (nSPS) is 13.1. The molecule has 0 saturated carbocycles. The Morgan fingerprint density at radius 1 is 1.09 bits per heavy atom. The van der Waals surface area contributed by atoms with Gasteiger partial charge in [0.25, 0.3) is 5.89 Å². The van der Waals surface area contributed by atoms with E-state index < -0.39 is 0 Å². The standard InChI is InChI=1S/C18H15ClN2O2/c19-16-7-2-1-6-15(16)18-20-17(23-21-18)11-22-14-9-8-12-4-3-5-13(12)10-14/h1-2,6-10H,3-5,11H2. The fraction of sp³-hybridized carbons (Fsp3) is 0.222. The number of hydrogen-bond acceptors (Lipinski definition) is 4. The number of nitrogens with zero attached hydrogens (tertiary/aromatic N) is 2. The van der Waals surface area contributed by atoms with E-state index in [4.69, 9.17) is 20.9 Å². The van der Waals surface area contributed by atoms with Crippen molar-refractivity contribution in [2.24, 2.45) is 0 Å². The SMILES string of the molecule is Clc1ccccc1-c1noc(COc2ccc3c(c2)CCC3)n1.